The fourth-order valence-electron chi connectivity index (χ4n) is 2.45. The van der Waals surface area contributed by atoms with Crippen LogP contribution in [0.1, 0.15) is 44.6 Å². The minimum Gasteiger partial charge on any atom is -0.480 e. The van der Waals surface area contributed by atoms with Crippen LogP contribution in [0.3, 0.4) is 0 Å². The number of nitrogens with one attached hydrogen (secondary N) is 2. The second kappa shape index (κ2) is 13.1. The minimum atomic E-state index is -1.14. The van der Waals surface area contributed by atoms with Crippen LogP contribution < -0.4 is 10.6 Å². The quantitative estimate of drug-likeness (QED) is 0.471. The van der Waals surface area contributed by atoms with Crippen molar-refractivity contribution in [2.45, 2.75) is 51.7 Å². The maximum Gasteiger partial charge on any atom is 0.407 e. The molecular weight excluding hydrogens is 362 g/mol. The van der Waals surface area contributed by atoms with E-state index in [0.29, 0.717) is 25.8 Å². The van der Waals surface area contributed by atoms with Gasteiger partial charge in [-0.1, -0.05) is 36.8 Å². The van der Waals surface area contributed by atoms with Gasteiger partial charge in [0.2, 0.25) is 5.91 Å². The molecule has 0 aliphatic carbocycles. The molecule has 0 fully saturated rings. The van der Waals surface area contributed by atoms with Crippen LogP contribution in [0, 0.1) is 17.2 Å². The fraction of sp³-hybridized carbons (Fsp3) is 0.500. The molecule has 0 bridgehead atoms. The Bertz CT molecular complexity index is 672. The van der Waals surface area contributed by atoms with E-state index >= 15 is 0 Å². The summed E-state index contributed by atoms with van der Waals surface area (Å²) in [7, 11) is 0. The molecule has 0 unspecified atom stereocenters. The smallest absolute Gasteiger partial charge is 0.407 e. The number of carbonyl (C=O) groups excluding carboxylic acids is 2. The predicted octanol–water partition coefficient (Wildman–Crippen LogP) is 2.59. The average molecular weight is 389 g/mol. The van der Waals surface area contributed by atoms with Crippen molar-refractivity contribution >= 4 is 18.0 Å². The number of alkyl carbamates (subject to hydrolysis) is 1. The number of carboxylic acid groups (broad SMARTS) is 1. The van der Waals surface area contributed by atoms with Crippen molar-refractivity contribution < 1.29 is 24.2 Å². The van der Waals surface area contributed by atoms with Crippen molar-refractivity contribution in [3.8, 4) is 6.07 Å². The summed E-state index contributed by atoms with van der Waals surface area (Å²) in [5.41, 5.74) is 0.910. The van der Waals surface area contributed by atoms with Gasteiger partial charge in [-0.15, -0.1) is 0 Å². The Balaban J connectivity index is 2.11. The number of unbranched alkanes of at least 4 members (excludes halogenated alkanes) is 2. The van der Waals surface area contributed by atoms with Crippen LogP contribution >= 0.6 is 0 Å². The maximum absolute atomic E-state index is 11.8. The number of rotatable bonds is 12. The summed E-state index contributed by atoms with van der Waals surface area (Å²) >= 11 is 0. The number of ether oxygens (including phenoxy) is 1. The first-order chi connectivity index (χ1) is 13.4. The van der Waals surface area contributed by atoms with Crippen molar-refractivity contribution in [3.05, 3.63) is 35.9 Å². The molecule has 8 nitrogen and oxygen atoms in total. The molecule has 1 aromatic carbocycles. The first-order valence-electron chi connectivity index (χ1n) is 9.28. The summed E-state index contributed by atoms with van der Waals surface area (Å²) in [6.07, 6.45) is 1.75. The summed E-state index contributed by atoms with van der Waals surface area (Å²) in [4.78, 5) is 34.6. The molecule has 0 aliphatic heterocycles. The molecule has 152 valence electrons. The van der Waals surface area contributed by atoms with E-state index in [1.165, 1.54) is 0 Å². The Hall–Kier alpha value is -3.08. The van der Waals surface area contributed by atoms with Gasteiger partial charge >= 0.3 is 12.1 Å². The zero-order valence-electron chi connectivity index (χ0n) is 16.0. The first-order valence-corrected chi connectivity index (χ1v) is 9.28. The lowest BCUT2D eigenvalue weighted by Gasteiger charge is -2.15. The summed E-state index contributed by atoms with van der Waals surface area (Å²) in [5.74, 6) is -1.95. The molecule has 1 rings (SSSR count). The van der Waals surface area contributed by atoms with E-state index in [9.17, 15) is 14.4 Å². The highest BCUT2D eigenvalue weighted by atomic mass is 16.5. The van der Waals surface area contributed by atoms with Gasteiger partial charge in [-0.2, -0.15) is 5.26 Å². The van der Waals surface area contributed by atoms with E-state index in [2.05, 4.69) is 10.6 Å². The molecule has 2 atom stereocenters. The molecule has 0 aromatic heterocycles. The Morgan fingerprint density at radius 2 is 1.89 bits per heavy atom. The van der Waals surface area contributed by atoms with Crippen molar-refractivity contribution in [1.29, 1.82) is 5.26 Å². The number of carbonyl (C=O) groups is 3. The summed E-state index contributed by atoms with van der Waals surface area (Å²) < 4.78 is 5.09. The van der Waals surface area contributed by atoms with Crippen LogP contribution in [0.2, 0.25) is 0 Å². The highest BCUT2D eigenvalue weighted by molar-refractivity contribution is 5.83. The van der Waals surface area contributed by atoms with E-state index in [1.54, 1.807) is 6.92 Å². The summed E-state index contributed by atoms with van der Waals surface area (Å²) in [6, 6.07) is 10.3. The lowest BCUT2D eigenvalue weighted by atomic mass is 10.0. The van der Waals surface area contributed by atoms with Crippen LogP contribution in [-0.4, -0.2) is 35.7 Å². The number of hydrogen-bond donors (Lipinski definition) is 3. The van der Waals surface area contributed by atoms with Gasteiger partial charge in [0.05, 0.1) is 6.07 Å². The van der Waals surface area contributed by atoms with Crippen molar-refractivity contribution in [3.63, 3.8) is 0 Å². The van der Waals surface area contributed by atoms with E-state index in [0.717, 1.165) is 5.56 Å². The monoisotopic (exact) mass is 389 g/mol. The number of nitriles is 1. The molecule has 0 radical (unpaired) electrons. The van der Waals surface area contributed by atoms with Gasteiger partial charge in [-0.05, 0) is 31.7 Å². The summed E-state index contributed by atoms with van der Waals surface area (Å²) in [6.45, 7) is 2.26. The van der Waals surface area contributed by atoms with Crippen molar-refractivity contribution in [1.82, 2.24) is 10.6 Å². The molecule has 3 N–H and O–H groups in total. The van der Waals surface area contributed by atoms with Gasteiger partial charge in [0.25, 0.3) is 0 Å². The molecule has 0 heterocycles. The number of aliphatic carboxylic acids is 1. The number of hydrogen-bond acceptors (Lipinski definition) is 5. The number of amides is 2. The van der Waals surface area contributed by atoms with Gasteiger partial charge in [0.15, 0.2) is 0 Å². The Kier molecular flexibility index (Phi) is 10.8. The van der Waals surface area contributed by atoms with Crippen molar-refractivity contribution in [2.24, 2.45) is 5.92 Å². The predicted molar refractivity (Wildman–Crippen MR) is 102 cm³/mol. The van der Waals surface area contributed by atoms with Gasteiger partial charge in [0.1, 0.15) is 12.6 Å². The number of nitrogens with zero attached hydrogens (tertiary/aromatic N) is 1. The van der Waals surface area contributed by atoms with Crippen LogP contribution in [0.5, 0.6) is 0 Å². The topological polar surface area (TPSA) is 129 Å². The minimum absolute atomic E-state index is 0.0760. The van der Waals surface area contributed by atoms with Crippen LogP contribution in [0.4, 0.5) is 4.79 Å². The second-order valence-electron chi connectivity index (χ2n) is 6.52. The van der Waals surface area contributed by atoms with Crippen molar-refractivity contribution in [2.75, 3.05) is 6.54 Å². The molecule has 8 heteroatoms. The third-order valence-corrected chi connectivity index (χ3v) is 4.01. The lowest BCUT2D eigenvalue weighted by molar-refractivity contribution is -0.142. The maximum atomic E-state index is 11.8. The zero-order chi connectivity index (χ0) is 20.8. The Morgan fingerprint density at radius 3 is 2.54 bits per heavy atom. The molecule has 28 heavy (non-hydrogen) atoms. The van der Waals surface area contributed by atoms with E-state index in [4.69, 9.17) is 15.1 Å². The van der Waals surface area contributed by atoms with Gasteiger partial charge < -0.3 is 20.5 Å². The van der Waals surface area contributed by atoms with E-state index in [1.807, 2.05) is 36.4 Å². The first kappa shape index (κ1) is 23.0. The normalized spacial score (nSPS) is 12.3. The molecular formula is C20H27N3O5. The number of benzene rings is 1. The molecule has 0 saturated carbocycles. The lowest BCUT2D eigenvalue weighted by Crippen LogP contribution is -2.41. The van der Waals surface area contributed by atoms with Crippen LogP contribution in [-0.2, 0) is 20.9 Å². The largest absolute Gasteiger partial charge is 0.480 e. The third kappa shape index (κ3) is 10.2. The van der Waals surface area contributed by atoms with Gasteiger partial charge in [-0.25, -0.2) is 9.59 Å². The highest BCUT2D eigenvalue weighted by Crippen LogP contribution is 2.07. The summed E-state index contributed by atoms with van der Waals surface area (Å²) in [5, 5.41) is 22.9. The molecule has 0 aliphatic rings. The second-order valence-corrected chi connectivity index (χ2v) is 6.52. The third-order valence-electron chi connectivity index (χ3n) is 4.01. The van der Waals surface area contributed by atoms with Crippen LogP contribution in [0.25, 0.3) is 0 Å². The zero-order valence-corrected chi connectivity index (χ0v) is 16.0. The standard InChI is InChI=1S/C20H27N3O5/c1-15(13-21)12-17(19(25)26)23-18(24)10-6-3-7-11-22-20(27)28-14-16-8-4-2-5-9-16/h2,4-5,8-9,15,17H,3,6-7,10-12,14H2,1H3,(H,22,27)(H,23,24)(H,25,26)/t15-,17-/m0/s1. The highest BCUT2D eigenvalue weighted by Gasteiger charge is 2.22. The van der Waals surface area contributed by atoms with E-state index in [-0.39, 0.29) is 25.4 Å². The molecule has 0 saturated heterocycles. The van der Waals surface area contributed by atoms with E-state index < -0.39 is 24.0 Å². The molecule has 1 aromatic rings. The molecule has 2 amide bonds. The Labute approximate surface area is 164 Å². The average Bonchev–Trinajstić information content (AvgIpc) is 2.69. The SMILES string of the molecule is C[C@H](C#N)C[C@H](NC(=O)CCCCCNC(=O)OCc1ccccc1)C(=O)O. The Morgan fingerprint density at radius 1 is 1.18 bits per heavy atom. The molecule has 0 spiro atoms. The number of carboxylic acids is 1. The van der Waals surface area contributed by atoms with Gasteiger partial charge in [0, 0.05) is 18.9 Å². The van der Waals surface area contributed by atoms with Gasteiger partial charge in [-0.3, -0.25) is 4.79 Å². The fourth-order valence-corrected chi connectivity index (χ4v) is 2.45. The van der Waals surface area contributed by atoms with Crippen LogP contribution in [0.15, 0.2) is 30.3 Å².